The minimum Gasteiger partial charge on any atom is -0.397 e. The van der Waals surface area contributed by atoms with Gasteiger partial charge in [-0.3, -0.25) is 4.79 Å². The number of nitrogens with one attached hydrogen (secondary N) is 1. The maximum absolute atomic E-state index is 12.0. The third kappa shape index (κ3) is 3.05. The average molecular weight is 266 g/mol. The lowest BCUT2D eigenvalue weighted by atomic mass is 9.96. The number of hydrogen-bond acceptors (Lipinski definition) is 4. The highest BCUT2D eigenvalue weighted by molar-refractivity contribution is 7.18. The van der Waals surface area contributed by atoms with Gasteiger partial charge in [0, 0.05) is 12.0 Å². The normalized spacial score (nSPS) is 17.1. The molecule has 1 fully saturated rings. The summed E-state index contributed by atoms with van der Waals surface area (Å²) in [5.41, 5.74) is 6.56. The fourth-order valence-corrected chi connectivity index (χ4v) is 3.52. The molecule has 1 aliphatic carbocycles. The van der Waals surface area contributed by atoms with Gasteiger partial charge in [0.15, 0.2) is 5.78 Å². The van der Waals surface area contributed by atoms with Crippen molar-refractivity contribution in [2.45, 2.75) is 52.0 Å². The van der Waals surface area contributed by atoms with Crippen LogP contribution in [0.5, 0.6) is 0 Å². The predicted octanol–water partition coefficient (Wildman–Crippen LogP) is 3.91. The van der Waals surface area contributed by atoms with Gasteiger partial charge in [-0.2, -0.15) is 0 Å². The first-order chi connectivity index (χ1) is 8.58. The van der Waals surface area contributed by atoms with Crippen molar-refractivity contribution in [3.8, 4) is 0 Å². The highest BCUT2D eigenvalue weighted by Gasteiger charge is 2.19. The summed E-state index contributed by atoms with van der Waals surface area (Å²) in [4.78, 5) is 12.7. The van der Waals surface area contributed by atoms with E-state index in [0.717, 1.165) is 5.00 Å². The van der Waals surface area contributed by atoms with E-state index in [1.54, 1.807) is 0 Å². The second kappa shape index (κ2) is 5.74. The summed E-state index contributed by atoms with van der Waals surface area (Å²) in [6, 6.07) is 2.47. The first kappa shape index (κ1) is 13.4. The number of thiophene rings is 1. The van der Waals surface area contributed by atoms with Crippen LogP contribution in [0.25, 0.3) is 0 Å². The Morgan fingerprint density at radius 1 is 1.39 bits per heavy atom. The second-order valence-corrected chi connectivity index (χ2v) is 6.45. The van der Waals surface area contributed by atoms with Crippen LogP contribution in [0.15, 0.2) is 6.07 Å². The molecule has 1 aromatic rings. The molecule has 3 nitrogen and oxygen atoms in total. The van der Waals surface area contributed by atoms with Gasteiger partial charge in [-0.15, -0.1) is 11.3 Å². The maximum atomic E-state index is 12.0. The molecule has 0 amide bonds. The van der Waals surface area contributed by atoms with Crippen molar-refractivity contribution in [1.29, 1.82) is 0 Å². The first-order valence-electron chi connectivity index (χ1n) is 6.78. The zero-order valence-corrected chi connectivity index (χ0v) is 12.0. The van der Waals surface area contributed by atoms with Crippen LogP contribution in [0.3, 0.4) is 0 Å². The second-order valence-electron chi connectivity index (χ2n) is 5.39. The standard InChI is InChI=1S/C14H22N2OS/c1-9(2)13(17)14-11(15)8-12(18-14)16-10-6-4-3-5-7-10/h8-10,16H,3-7,15H2,1-2H3. The molecule has 2 rings (SSSR count). The number of carbonyl (C=O) groups is 1. The van der Waals surface area contributed by atoms with Crippen LogP contribution < -0.4 is 11.1 Å². The molecule has 0 saturated heterocycles. The van der Waals surface area contributed by atoms with Crippen molar-refractivity contribution in [3.05, 3.63) is 10.9 Å². The van der Waals surface area contributed by atoms with Crippen LogP contribution >= 0.6 is 11.3 Å². The maximum Gasteiger partial charge on any atom is 0.177 e. The van der Waals surface area contributed by atoms with Gasteiger partial charge in [-0.1, -0.05) is 33.1 Å². The molecule has 18 heavy (non-hydrogen) atoms. The van der Waals surface area contributed by atoms with Crippen molar-refractivity contribution < 1.29 is 4.79 Å². The lowest BCUT2D eigenvalue weighted by Crippen LogP contribution is -2.21. The van der Waals surface area contributed by atoms with Gasteiger partial charge in [0.05, 0.1) is 15.6 Å². The Hall–Kier alpha value is -1.03. The summed E-state index contributed by atoms with van der Waals surface area (Å²) >= 11 is 1.50. The number of anilines is 2. The molecule has 0 radical (unpaired) electrons. The average Bonchev–Trinajstić information content (AvgIpc) is 2.70. The van der Waals surface area contributed by atoms with E-state index in [1.807, 2.05) is 19.9 Å². The van der Waals surface area contributed by atoms with Crippen LogP contribution in [0.4, 0.5) is 10.7 Å². The van der Waals surface area contributed by atoms with Crippen LogP contribution in [-0.2, 0) is 0 Å². The summed E-state index contributed by atoms with van der Waals surface area (Å²) < 4.78 is 0. The van der Waals surface area contributed by atoms with E-state index in [0.29, 0.717) is 16.6 Å². The van der Waals surface area contributed by atoms with Crippen LogP contribution in [0.1, 0.15) is 55.6 Å². The summed E-state index contributed by atoms with van der Waals surface area (Å²) in [6.45, 7) is 3.82. The number of Topliss-reactive ketones (excluding diaryl/α,β-unsaturated/α-hetero) is 1. The summed E-state index contributed by atoms with van der Waals surface area (Å²) in [7, 11) is 0. The topological polar surface area (TPSA) is 55.1 Å². The van der Waals surface area contributed by atoms with E-state index in [1.165, 1.54) is 43.4 Å². The van der Waals surface area contributed by atoms with Gasteiger partial charge < -0.3 is 11.1 Å². The quantitative estimate of drug-likeness (QED) is 0.812. The molecule has 0 aliphatic heterocycles. The van der Waals surface area contributed by atoms with Crippen LogP contribution in [0.2, 0.25) is 0 Å². The molecule has 1 heterocycles. The first-order valence-corrected chi connectivity index (χ1v) is 7.59. The van der Waals surface area contributed by atoms with Crippen molar-refractivity contribution in [2.75, 3.05) is 11.1 Å². The zero-order chi connectivity index (χ0) is 13.1. The Morgan fingerprint density at radius 2 is 2.06 bits per heavy atom. The third-order valence-electron chi connectivity index (χ3n) is 3.46. The Bertz CT molecular complexity index is 419. The van der Waals surface area contributed by atoms with E-state index >= 15 is 0 Å². The van der Waals surface area contributed by atoms with Crippen LogP contribution in [0, 0.1) is 5.92 Å². The minimum absolute atomic E-state index is 0.00785. The highest BCUT2D eigenvalue weighted by atomic mass is 32.1. The van der Waals surface area contributed by atoms with E-state index in [9.17, 15) is 4.79 Å². The fourth-order valence-electron chi connectivity index (χ4n) is 2.38. The number of nitrogens with two attached hydrogens (primary N) is 1. The smallest absolute Gasteiger partial charge is 0.177 e. The van der Waals surface area contributed by atoms with E-state index in [2.05, 4.69) is 5.32 Å². The number of rotatable bonds is 4. The molecule has 1 aromatic heterocycles. The molecule has 100 valence electrons. The summed E-state index contributed by atoms with van der Waals surface area (Å²) in [6.07, 6.45) is 6.41. The van der Waals surface area contributed by atoms with E-state index in [4.69, 9.17) is 5.73 Å². The molecule has 1 aliphatic rings. The molecule has 0 bridgehead atoms. The van der Waals surface area contributed by atoms with Gasteiger partial charge in [0.25, 0.3) is 0 Å². The van der Waals surface area contributed by atoms with Crippen molar-refractivity contribution in [2.24, 2.45) is 5.92 Å². The van der Waals surface area contributed by atoms with Gasteiger partial charge >= 0.3 is 0 Å². The van der Waals surface area contributed by atoms with Gasteiger partial charge in [0.2, 0.25) is 0 Å². The lowest BCUT2D eigenvalue weighted by Gasteiger charge is -2.22. The molecule has 0 unspecified atom stereocenters. The van der Waals surface area contributed by atoms with Gasteiger partial charge in [-0.25, -0.2) is 0 Å². The van der Waals surface area contributed by atoms with E-state index in [-0.39, 0.29) is 11.7 Å². The Labute approximate surface area is 113 Å². The van der Waals surface area contributed by atoms with Crippen molar-refractivity contribution >= 4 is 27.8 Å². The SMILES string of the molecule is CC(C)C(=O)c1sc(NC2CCCCC2)cc1N. The lowest BCUT2D eigenvalue weighted by molar-refractivity contribution is 0.0944. The van der Waals surface area contributed by atoms with Crippen molar-refractivity contribution in [3.63, 3.8) is 0 Å². The monoisotopic (exact) mass is 266 g/mol. The Kier molecular flexibility index (Phi) is 4.27. The largest absolute Gasteiger partial charge is 0.397 e. The number of hydrogen-bond donors (Lipinski definition) is 2. The molecular formula is C14H22N2OS. The Morgan fingerprint density at radius 3 is 2.67 bits per heavy atom. The predicted molar refractivity (Wildman–Crippen MR) is 78.4 cm³/mol. The summed E-state index contributed by atoms with van der Waals surface area (Å²) in [5.74, 6) is 0.155. The Balaban J connectivity index is 2.06. The number of ketones is 1. The van der Waals surface area contributed by atoms with Gasteiger partial charge in [-0.05, 0) is 18.9 Å². The molecule has 1 saturated carbocycles. The molecular weight excluding hydrogens is 244 g/mol. The molecule has 0 spiro atoms. The number of nitrogen functional groups attached to an aromatic ring is 1. The molecule has 4 heteroatoms. The fraction of sp³-hybridized carbons (Fsp3) is 0.643. The molecule has 0 aromatic carbocycles. The van der Waals surface area contributed by atoms with Crippen LogP contribution in [-0.4, -0.2) is 11.8 Å². The van der Waals surface area contributed by atoms with E-state index < -0.39 is 0 Å². The van der Waals surface area contributed by atoms with Gasteiger partial charge in [0.1, 0.15) is 0 Å². The highest BCUT2D eigenvalue weighted by Crippen LogP contribution is 2.33. The number of carbonyl (C=O) groups excluding carboxylic acids is 1. The minimum atomic E-state index is 0.00785. The van der Waals surface area contributed by atoms with Crippen molar-refractivity contribution in [1.82, 2.24) is 0 Å². The summed E-state index contributed by atoms with van der Waals surface area (Å²) in [5, 5.41) is 4.57. The molecule has 3 N–H and O–H groups in total. The molecule has 0 atom stereocenters. The zero-order valence-electron chi connectivity index (χ0n) is 11.2. The third-order valence-corrected chi connectivity index (χ3v) is 4.56.